The van der Waals surface area contributed by atoms with Gasteiger partial charge in [0.25, 0.3) is 0 Å². The Labute approximate surface area is 142 Å². The minimum Gasteiger partial charge on any atom is -0.759 e. The largest absolute Gasteiger partial charge is 2.00 e. The fourth-order valence-electron chi connectivity index (χ4n) is 0.329. The molecule has 1 radical (unpaired) electrons. The molecule has 103 valence electrons. The van der Waals surface area contributed by atoms with Crippen molar-refractivity contribution in [3.05, 3.63) is 0 Å². The second-order valence-electron chi connectivity index (χ2n) is 1.84. The molecular formula is C4H6MnN2NiO4S5. The first-order valence-corrected chi connectivity index (χ1v) is 6.16. The minimum atomic E-state index is -5.17. The summed E-state index contributed by atoms with van der Waals surface area (Å²) in [5.41, 5.74) is 0. The van der Waals surface area contributed by atoms with Gasteiger partial charge in [0.1, 0.15) is 0 Å². The van der Waals surface area contributed by atoms with E-state index in [1.807, 2.05) is 0 Å². The fraction of sp³-hybridized carbons (Fsp3) is 0.500. The molecule has 0 heterocycles. The number of rotatable bonds is 3. The van der Waals surface area contributed by atoms with E-state index in [-0.39, 0.29) is 33.6 Å². The zero-order chi connectivity index (χ0) is 12.5. The van der Waals surface area contributed by atoms with E-state index in [1.165, 1.54) is 0 Å². The van der Waals surface area contributed by atoms with E-state index in [1.54, 1.807) is 0 Å². The second-order valence-corrected chi connectivity index (χ2v) is 4.80. The van der Waals surface area contributed by atoms with E-state index in [0.717, 1.165) is 0 Å². The van der Waals surface area contributed by atoms with Gasteiger partial charge >= 0.3 is 33.6 Å². The van der Waals surface area contributed by atoms with Gasteiger partial charge in [0.05, 0.1) is 0 Å². The molecule has 13 heteroatoms. The molecule has 0 aliphatic heterocycles. The molecule has 6 nitrogen and oxygen atoms in total. The Kier molecular flexibility index (Phi) is 23.7. The SMILES string of the molecule is O=S(=O)([O-])[O-].S=C([S-])NCCNC(=S)[S-].[Mn+2].[Ni+2]. The Bertz CT molecular complexity index is 289. The molecule has 0 atom stereocenters. The van der Waals surface area contributed by atoms with E-state index in [4.69, 9.17) is 17.5 Å². The number of nitrogens with one attached hydrogen (secondary N) is 2. The van der Waals surface area contributed by atoms with Gasteiger partial charge < -0.3 is 69.4 Å². The number of hydrogen-bond acceptors (Lipinski definition) is 8. The van der Waals surface area contributed by atoms with Crippen LogP contribution in [-0.2, 0) is 69.2 Å². The topological polar surface area (TPSA) is 104 Å². The third-order valence-electron chi connectivity index (χ3n) is 0.664. The average molecular weight is 420 g/mol. The van der Waals surface area contributed by atoms with Crippen LogP contribution in [0.4, 0.5) is 0 Å². The normalized spacial score (nSPS) is 8.35. The summed E-state index contributed by atoms with van der Waals surface area (Å²) in [7, 11) is -5.17. The predicted octanol–water partition coefficient (Wildman–Crippen LogP) is -1.51. The Morgan fingerprint density at radius 1 is 1.06 bits per heavy atom. The van der Waals surface area contributed by atoms with Crippen LogP contribution in [0.2, 0.25) is 0 Å². The average Bonchev–Trinajstić information content (AvgIpc) is 1.94. The van der Waals surface area contributed by atoms with Crippen molar-refractivity contribution >= 4 is 68.7 Å². The zero-order valence-corrected chi connectivity index (χ0v) is 14.0. The smallest absolute Gasteiger partial charge is 0.759 e. The summed E-state index contributed by atoms with van der Waals surface area (Å²) in [6, 6.07) is 0. The molecule has 0 aliphatic rings. The van der Waals surface area contributed by atoms with Crippen molar-refractivity contribution in [1.82, 2.24) is 10.6 Å². The first-order chi connectivity index (χ1) is 6.63. The Hall–Kier alpha value is 1.10. The van der Waals surface area contributed by atoms with Crippen LogP contribution in [0.5, 0.6) is 0 Å². The van der Waals surface area contributed by atoms with Crippen molar-refractivity contribution in [1.29, 1.82) is 0 Å². The van der Waals surface area contributed by atoms with Gasteiger partial charge in [-0.25, -0.2) is 0 Å². The quantitative estimate of drug-likeness (QED) is 0.140. The summed E-state index contributed by atoms with van der Waals surface area (Å²) in [6.45, 7) is 1.33. The van der Waals surface area contributed by atoms with Crippen LogP contribution in [0.3, 0.4) is 0 Å². The third kappa shape index (κ3) is 59.4. The molecule has 0 aromatic carbocycles. The van der Waals surface area contributed by atoms with Crippen molar-refractivity contribution in [3.8, 4) is 0 Å². The summed E-state index contributed by atoms with van der Waals surface area (Å²) >= 11 is 18.4. The van der Waals surface area contributed by atoms with Gasteiger partial charge in [-0.15, -0.1) is 0 Å². The third-order valence-corrected chi connectivity index (χ3v) is 1.24. The molecule has 0 aliphatic carbocycles. The summed E-state index contributed by atoms with van der Waals surface area (Å²) in [5, 5.41) is 5.56. The summed E-state index contributed by atoms with van der Waals surface area (Å²) in [5.74, 6) is 0. The van der Waals surface area contributed by atoms with Gasteiger partial charge in [0.15, 0.2) is 0 Å². The fourth-order valence-corrected chi connectivity index (χ4v) is 0.737. The maximum absolute atomic E-state index is 8.52. The van der Waals surface area contributed by atoms with Crippen LogP contribution >= 0.6 is 24.4 Å². The van der Waals surface area contributed by atoms with Crippen molar-refractivity contribution < 1.29 is 51.1 Å². The van der Waals surface area contributed by atoms with E-state index >= 15 is 0 Å². The molecule has 0 saturated carbocycles. The Balaban J connectivity index is -0.000000105. The molecule has 0 aromatic heterocycles. The Morgan fingerprint density at radius 3 is 1.35 bits per heavy atom. The van der Waals surface area contributed by atoms with Gasteiger partial charge in [-0.1, -0.05) is 8.64 Å². The van der Waals surface area contributed by atoms with Gasteiger partial charge in [-0.05, 0) is 0 Å². The molecule has 0 amide bonds. The predicted molar refractivity (Wildman–Crippen MR) is 66.4 cm³/mol. The van der Waals surface area contributed by atoms with Crippen LogP contribution in [0.15, 0.2) is 0 Å². The molecule has 0 aromatic rings. The van der Waals surface area contributed by atoms with E-state index in [0.29, 0.717) is 21.7 Å². The molecule has 0 fully saturated rings. The monoisotopic (exact) mass is 419 g/mol. The van der Waals surface area contributed by atoms with E-state index in [9.17, 15) is 0 Å². The summed E-state index contributed by atoms with van der Waals surface area (Å²) in [6.07, 6.45) is 0. The van der Waals surface area contributed by atoms with Crippen LogP contribution in [0.1, 0.15) is 0 Å². The first-order valence-electron chi connectivity index (χ1n) is 3.19. The molecule has 2 N–H and O–H groups in total. The van der Waals surface area contributed by atoms with Crippen molar-refractivity contribution in [2.75, 3.05) is 13.1 Å². The number of hydrogen-bond donors (Lipinski definition) is 2. The molecule has 17 heavy (non-hydrogen) atoms. The Morgan fingerprint density at radius 2 is 1.24 bits per heavy atom. The second kappa shape index (κ2) is 15.2. The number of thiocarbonyl (C=S) groups is 2. The minimum absolute atomic E-state index is 0. The van der Waals surface area contributed by atoms with E-state index in [2.05, 4.69) is 60.3 Å². The maximum Gasteiger partial charge on any atom is 2.00 e. The van der Waals surface area contributed by atoms with Gasteiger partial charge in [-0.2, -0.15) is 0 Å². The molecule has 0 rings (SSSR count). The van der Waals surface area contributed by atoms with Crippen LogP contribution < -0.4 is 10.6 Å². The van der Waals surface area contributed by atoms with E-state index < -0.39 is 10.4 Å². The van der Waals surface area contributed by atoms with Crippen LogP contribution in [0.25, 0.3) is 0 Å². The first kappa shape index (κ1) is 26.6. The van der Waals surface area contributed by atoms with Crippen LogP contribution in [-0.4, -0.2) is 39.3 Å². The van der Waals surface area contributed by atoms with Gasteiger partial charge in [-0.3, -0.25) is 8.42 Å². The van der Waals surface area contributed by atoms with Crippen molar-refractivity contribution in [3.63, 3.8) is 0 Å². The van der Waals surface area contributed by atoms with Gasteiger partial charge in [0, 0.05) is 23.5 Å². The van der Waals surface area contributed by atoms with Crippen molar-refractivity contribution in [2.24, 2.45) is 0 Å². The van der Waals surface area contributed by atoms with Crippen LogP contribution in [0, 0.1) is 0 Å². The molecular weight excluding hydrogens is 414 g/mol. The van der Waals surface area contributed by atoms with Crippen molar-refractivity contribution in [2.45, 2.75) is 0 Å². The maximum atomic E-state index is 8.52. The molecule has 0 spiro atoms. The standard InChI is InChI=1S/C4H8N2S4.Mn.Ni.H2O4S/c7-3(8)5-1-2-6-4(9)10;;;1-5(2,3)4/h1-2H2,(H2,5,7,8)(H2,6,9,10);;;(H2,1,2,3,4)/q;2*+2;/p-4. The van der Waals surface area contributed by atoms with Gasteiger partial charge in [0.2, 0.25) is 0 Å². The molecule has 0 saturated heterocycles. The summed E-state index contributed by atoms with van der Waals surface area (Å²) < 4.78 is 34.8. The molecule has 0 unspecified atom stereocenters. The summed E-state index contributed by atoms with van der Waals surface area (Å²) in [4.78, 5) is 0. The zero-order valence-electron chi connectivity index (χ0n) is 7.78. The molecule has 0 bridgehead atoms.